The van der Waals surface area contributed by atoms with Crippen LogP contribution in [0.4, 0.5) is 5.82 Å². The molecule has 0 bridgehead atoms. The SMILES string of the molecule is Cc1nnc(NCC2CN(C)CCN2C)c(C(=O)O)c1C. The zero-order chi connectivity index (χ0) is 15.6. The maximum absolute atomic E-state index is 11.4. The minimum Gasteiger partial charge on any atom is -0.478 e. The number of piperazine rings is 1. The molecule has 1 fully saturated rings. The van der Waals surface area contributed by atoms with Crippen LogP contribution in [-0.2, 0) is 0 Å². The Morgan fingerprint density at radius 3 is 2.71 bits per heavy atom. The first-order valence-electron chi connectivity index (χ1n) is 7.10. The van der Waals surface area contributed by atoms with Gasteiger partial charge >= 0.3 is 5.97 Å². The van der Waals surface area contributed by atoms with E-state index in [0.717, 1.165) is 19.6 Å². The van der Waals surface area contributed by atoms with Crippen molar-refractivity contribution < 1.29 is 9.90 Å². The number of likely N-dealkylation sites (N-methyl/N-ethyl adjacent to an activating group) is 2. The second-order valence-corrected chi connectivity index (χ2v) is 5.72. The van der Waals surface area contributed by atoms with Gasteiger partial charge in [-0.1, -0.05) is 0 Å². The number of hydrogen-bond donors (Lipinski definition) is 2. The highest BCUT2D eigenvalue weighted by Crippen LogP contribution is 2.19. The molecular weight excluding hydrogens is 270 g/mol. The van der Waals surface area contributed by atoms with E-state index in [1.54, 1.807) is 13.8 Å². The number of aryl methyl sites for hydroxylation is 1. The first-order valence-corrected chi connectivity index (χ1v) is 7.10. The maximum atomic E-state index is 11.4. The van der Waals surface area contributed by atoms with E-state index in [1.807, 2.05) is 0 Å². The van der Waals surface area contributed by atoms with E-state index in [0.29, 0.717) is 29.7 Å². The summed E-state index contributed by atoms with van der Waals surface area (Å²) in [5, 5.41) is 20.6. The number of carboxylic acid groups (broad SMARTS) is 1. The van der Waals surface area contributed by atoms with E-state index in [4.69, 9.17) is 0 Å². The summed E-state index contributed by atoms with van der Waals surface area (Å²) in [7, 11) is 4.18. The van der Waals surface area contributed by atoms with Crippen molar-refractivity contribution in [2.45, 2.75) is 19.9 Å². The normalized spacial score (nSPS) is 20.5. The lowest BCUT2D eigenvalue weighted by Gasteiger charge is -2.37. The number of carboxylic acids is 1. The predicted molar refractivity (Wildman–Crippen MR) is 80.9 cm³/mol. The van der Waals surface area contributed by atoms with Crippen molar-refractivity contribution in [2.75, 3.05) is 45.6 Å². The van der Waals surface area contributed by atoms with Crippen molar-refractivity contribution in [3.63, 3.8) is 0 Å². The molecule has 21 heavy (non-hydrogen) atoms. The van der Waals surface area contributed by atoms with Crippen LogP contribution in [-0.4, -0.2) is 77.4 Å². The molecule has 2 rings (SSSR count). The van der Waals surface area contributed by atoms with Gasteiger partial charge in [-0.2, -0.15) is 5.10 Å². The Hall–Kier alpha value is -1.73. The molecule has 1 saturated heterocycles. The van der Waals surface area contributed by atoms with Gasteiger partial charge in [-0.05, 0) is 33.5 Å². The second kappa shape index (κ2) is 6.36. The third-order valence-electron chi connectivity index (χ3n) is 4.15. The molecule has 0 aliphatic carbocycles. The van der Waals surface area contributed by atoms with E-state index < -0.39 is 5.97 Å². The average molecular weight is 293 g/mol. The van der Waals surface area contributed by atoms with Gasteiger partial charge in [0.25, 0.3) is 0 Å². The molecule has 0 radical (unpaired) electrons. The van der Waals surface area contributed by atoms with Crippen LogP contribution in [0.2, 0.25) is 0 Å². The lowest BCUT2D eigenvalue weighted by molar-refractivity contribution is 0.0696. The Morgan fingerprint density at radius 2 is 2.05 bits per heavy atom. The molecule has 1 aliphatic heterocycles. The Kier molecular flexibility index (Phi) is 4.74. The van der Waals surface area contributed by atoms with Crippen molar-refractivity contribution >= 4 is 11.8 Å². The van der Waals surface area contributed by atoms with Crippen LogP contribution in [0, 0.1) is 13.8 Å². The molecule has 0 saturated carbocycles. The number of nitrogens with zero attached hydrogens (tertiary/aromatic N) is 4. The zero-order valence-corrected chi connectivity index (χ0v) is 13.1. The van der Waals surface area contributed by atoms with Crippen LogP contribution in [0.5, 0.6) is 0 Å². The molecule has 1 atom stereocenters. The van der Waals surface area contributed by atoms with E-state index in [1.165, 1.54) is 0 Å². The summed E-state index contributed by atoms with van der Waals surface area (Å²) < 4.78 is 0. The molecule has 0 spiro atoms. The number of aromatic nitrogens is 2. The van der Waals surface area contributed by atoms with E-state index in [9.17, 15) is 9.90 Å². The van der Waals surface area contributed by atoms with Gasteiger partial charge in [0, 0.05) is 32.2 Å². The van der Waals surface area contributed by atoms with Crippen LogP contribution in [0.1, 0.15) is 21.6 Å². The molecular formula is C14H23N5O2. The molecule has 0 amide bonds. The second-order valence-electron chi connectivity index (χ2n) is 5.72. The minimum atomic E-state index is -0.970. The summed E-state index contributed by atoms with van der Waals surface area (Å²) in [6, 6.07) is 0.328. The van der Waals surface area contributed by atoms with Crippen LogP contribution >= 0.6 is 0 Å². The van der Waals surface area contributed by atoms with E-state index in [-0.39, 0.29) is 5.56 Å². The van der Waals surface area contributed by atoms with Crippen molar-refractivity contribution in [1.29, 1.82) is 0 Å². The number of nitrogens with one attached hydrogen (secondary N) is 1. The molecule has 7 heteroatoms. The molecule has 116 valence electrons. The standard InChI is InChI=1S/C14H23N5O2/c1-9-10(2)16-17-13(12(9)14(20)21)15-7-11-8-18(3)5-6-19(11)4/h11H,5-8H2,1-4H3,(H,15,17)(H,20,21). The molecule has 1 aliphatic rings. The number of hydrogen-bond acceptors (Lipinski definition) is 6. The molecule has 1 unspecified atom stereocenters. The Morgan fingerprint density at radius 1 is 1.33 bits per heavy atom. The molecule has 2 heterocycles. The van der Waals surface area contributed by atoms with Crippen molar-refractivity contribution in [3.05, 3.63) is 16.8 Å². The Balaban J connectivity index is 2.13. The van der Waals surface area contributed by atoms with Crippen molar-refractivity contribution in [3.8, 4) is 0 Å². The largest absolute Gasteiger partial charge is 0.478 e. The van der Waals surface area contributed by atoms with Crippen LogP contribution in [0.15, 0.2) is 0 Å². The highest BCUT2D eigenvalue weighted by atomic mass is 16.4. The molecule has 7 nitrogen and oxygen atoms in total. The summed E-state index contributed by atoms with van der Waals surface area (Å²) in [4.78, 5) is 16.0. The fraction of sp³-hybridized carbons (Fsp3) is 0.643. The van der Waals surface area contributed by atoms with Crippen LogP contribution in [0.25, 0.3) is 0 Å². The van der Waals surface area contributed by atoms with E-state index >= 15 is 0 Å². The third kappa shape index (κ3) is 3.48. The zero-order valence-electron chi connectivity index (χ0n) is 13.1. The Bertz CT molecular complexity index is 534. The quantitative estimate of drug-likeness (QED) is 0.834. The lowest BCUT2D eigenvalue weighted by atomic mass is 10.1. The lowest BCUT2D eigenvalue weighted by Crippen LogP contribution is -2.52. The summed E-state index contributed by atoms with van der Waals surface area (Å²) in [6.07, 6.45) is 0. The highest BCUT2D eigenvalue weighted by Gasteiger charge is 2.23. The monoisotopic (exact) mass is 293 g/mol. The fourth-order valence-electron chi connectivity index (χ4n) is 2.53. The van der Waals surface area contributed by atoms with E-state index in [2.05, 4.69) is 39.4 Å². The number of aromatic carboxylic acids is 1. The molecule has 1 aromatic rings. The summed E-state index contributed by atoms with van der Waals surface area (Å²) in [5.74, 6) is -0.616. The topological polar surface area (TPSA) is 81.6 Å². The van der Waals surface area contributed by atoms with Gasteiger partial charge in [0.2, 0.25) is 0 Å². The fourth-order valence-corrected chi connectivity index (χ4v) is 2.53. The van der Waals surface area contributed by atoms with Gasteiger partial charge in [-0.25, -0.2) is 4.79 Å². The number of carbonyl (C=O) groups is 1. The molecule has 2 N–H and O–H groups in total. The molecule has 1 aromatic heterocycles. The summed E-state index contributed by atoms with van der Waals surface area (Å²) in [5.41, 5.74) is 1.52. The third-order valence-corrected chi connectivity index (χ3v) is 4.15. The summed E-state index contributed by atoms with van der Waals surface area (Å²) in [6.45, 7) is 7.19. The van der Waals surface area contributed by atoms with Gasteiger partial charge in [-0.3, -0.25) is 4.90 Å². The van der Waals surface area contributed by atoms with Gasteiger partial charge in [-0.15, -0.1) is 5.10 Å². The molecule has 0 aromatic carbocycles. The maximum Gasteiger partial charge on any atom is 0.339 e. The predicted octanol–water partition coefficient (Wildman–Crippen LogP) is 0.449. The average Bonchev–Trinajstić information content (AvgIpc) is 2.43. The first kappa shape index (κ1) is 15.7. The van der Waals surface area contributed by atoms with Gasteiger partial charge < -0.3 is 15.3 Å². The minimum absolute atomic E-state index is 0.217. The van der Waals surface area contributed by atoms with Gasteiger partial charge in [0.15, 0.2) is 5.82 Å². The first-order chi connectivity index (χ1) is 9.90. The van der Waals surface area contributed by atoms with Crippen molar-refractivity contribution in [2.24, 2.45) is 0 Å². The smallest absolute Gasteiger partial charge is 0.339 e. The van der Waals surface area contributed by atoms with Gasteiger partial charge in [0.1, 0.15) is 5.56 Å². The number of rotatable bonds is 4. The highest BCUT2D eigenvalue weighted by molar-refractivity contribution is 5.94. The number of anilines is 1. The van der Waals surface area contributed by atoms with Crippen LogP contribution < -0.4 is 5.32 Å². The summed E-state index contributed by atoms with van der Waals surface area (Å²) >= 11 is 0. The van der Waals surface area contributed by atoms with Gasteiger partial charge in [0.05, 0.1) is 5.69 Å². The van der Waals surface area contributed by atoms with Crippen molar-refractivity contribution in [1.82, 2.24) is 20.0 Å². The Labute approximate surface area is 125 Å². The van der Waals surface area contributed by atoms with Crippen LogP contribution in [0.3, 0.4) is 0 Å².